The summed E-state index contributed by atoms with van der Waals surface area (Å²) in [6.45, 7) is 2.19. The third kappa shape index (κ3) is 2.87. The lowest BCUT2D eigenvalue weighted by Gasteiger charge is -2.37. The molecule has 6 rings (SSSR count). The van der Waals surface area contributed by atoms with Crippen LogP contribution < -0.4 is 0 Å². The monoisotopic (exact) mass is 381 g/mol. The Morgan fingerprint density at radius 2 is 2.00 bits per heavy atom. The number of ketones is 1. The molecular formula is C26H25N2O. The van der Waals surface area contributed by atoms with E-state index in [-0.39, 0.29) is 5.78 Å². The second kappa shape index (κ2) is 6.16. The highest BCUT2D eigenvalue weighted by Crippen LogP contribution is 2.50. The van der Waals surface area contributed by atoms with Crippen molar-refractivity contribution in [1.29, 1.82) is 0 Å². The molecule has 2 unspecified atom stereocenters. The van der Waals surface area contributed by atoms with E-state index < -0.39 is 0 Å². The van der Waals surface area contributed by atoms with Crippen molar-refractivity contribution in [2.24, 2.45) is 13.0 Å². The van der Waals surface area contributed by atoms with Gasteiger partial charge < -0.3 is 0 Å². The quantitative estimate of drug-likeness (QED) is 0.686. The molecule has 0 aliphatic heterocycles. The van der Waals surface area contributed by atoms with E-state index in [9.17, 15) is 4.79 Å². The first kappa shape index (κ1) is 17.2. The molecule has 4 aliphatic carbocycles. The Hall–Kier alpha value is -2.68. The van der Waals surface area contributed by atoms with Gasteiger partial charge in [-0.25, -0.2) is 0 Å². The molecule has 1 heterocycles. The van der Waals surface area contributed by atoms with Crippen LogP contribution in [0.2, 0.25) is 0 Å². The first-order valence-corrected chi connectivity index (χ1v) is 10.8. The molecule has 2 aromatic rings. The summed E-state index contributed by atoms with van der Waals surface area (Å²) in [7, 11) is 2.03. The third-order valence-corrected chi connectivity index (χ3v) is 7.19. The Bertz CT molecular complexity index is 1150. The maximum absolute atomic E-state index is 12.8. The second-order valence-electron chi connectivity index (χ2n) is 9.05. The van der Waals surface area contributed by atoms with Gasteiger partial charge in [-0.05, 0) is 85.8 Å². The normalized spacial score (nSPS) is 23.9. The van der Waals surface area contributed by atoms with Gasteiger partial charge in [-0.1, -0.05) is 23.8 Å². The maximum Gasteiger partial charge on any atom is 0.185 e. The van der Waals surface area contributed by atoms with Gasteiger partial charge in [0, 0.05) is 30.2 Å². The number of hydrogen-bond acceptors (Lipinski definition) is 2. The van der Waals surface area contributed by atoms with Crippen LogP contribution in [0.1, 0.15) is 61.8 Å². The van der Waals surface area contributed by atoms with Crippen LogP contribution in [0.4, 0.5) is 0 Å². The number of rotatable bonds is 4. The van der Waals surface area contributed by atoms with Crippen LogP contribution in [0.25, 0.3) is 22.9 Å². The van der Waals surface area contributed by atoms with E-state index in [0.717, 1.165) is 29.0 Å². The molecule has 2 atom stereocenters. The van der Waals surface area contributed by atoms with E-state index in [4.69, 9.17) is 5.10 Å². The third-order valence-electron chi connectivity index (χ3n) is 7.19. The molecule has 2 saturated carbocycles. The molecular weight excluding hydrogens is 356 g/mol. The molecule has 1 aromatic heterocycles. The lowest BCUT2D eigenvalue weighted by molar-refractivity contribution is -0.112. The van der Waals surface area contributed by atoms with Gasteiger partial charge in [-0.2, -0.15) is 5.10 Å². The Kier molecular flexibility index (Phi) is 3.65. The zero-order chi connectivity index (χ0) is 19.7. The molecule has 29 heavy (non-hydrogen) atoms. The predicted octanol–water partition coefficient (Wildman–Crippen LogP) is 5.65. The highest BCUT2D eigenvalue weighted by molar-refractivity contribution is 6.16. The lowest BCUT2D eigenvalue weighted by Crippen LogP contribution is -2.24. The molecule has 0 bridgehead atoms. The Morgan fingerprint density at radius 3 is 2.69 bits per heavy atom. The fourth-order valence-electron chi connectivity index (χ4n) is 5.02. The van der Waals surface area contributed by atoms with E-state index in [2.05, 4.69) is 37.3 Å². The van der Waals surface area contributed by atoms with Gasteiger partial charge in [0.1, 0.15) is 0 Å². The van der Waals surface area contributed by atoms with Gasteiger partial charge in [0.15, 0.2) is 5.78 Å². The van der Waals surface area contributed by atoms with Crippen LogP contribution in [0.15, 0.2) is 47.1 Å². The van der Waals surface area contributed by atoms with Crippen LogP contribution in [0.3, 0.4) is 0 Å². The number of hydrogen-bond donors (Lipinski definition) is 0. The number of nitrogens with zero attached hydrogens (tertiary/aromatic N) is 2. The topological polar surface area (TPSA) is 34.9 Å². The fourth-order valence-corrected chi connectivity index (χ4v) is 5.02. The summed E-state index contributed by atoms with van der Waals surface area (Å²) in [5.74, 6) is 1.44. The molecule has 0 spiro atoms. The van der Waals surface area contributed by atoms with E-state index in [0.29, 0.717) is 11.8 Å². The average Bonchev–Trinajstić information content (AvgIpc) is 3.60. The highest BCUT2D eigenvalue weighted by atomic mass is 16.1. The minimum absolute atomic E-state index is 0.225. The first-order chi connectivity index (χ1) is 14.1. The standard InChI is InChI=1S/C26H25N2O/c1-15(16-3-4-16)24-14-25(28(2)27-24)19-8-10-23-20(12-19)13-21(26(29)17-5-6-17)11-18-7-9-22(18)23/h5-6,8,10,12-14,18,22H,3-4,7,9,11H2,1-2H3. The molecule has 145 valence electrons. The average molecular weight is 381 g/mol. The number of Topliss-reactive ketones (excluding diaryl/α,β-unsaturated/α-hetero) is 1. The maximum atomic E-state index is 12.8. The van der Waals surface area contributed by atoms with Crippen molar-refractivity contribution in [3.05, 3.63) is 70.3 Å². The molecule has 0 N–H and O–H groups in total. The van der Waals surface area contributed by atoms with Crippen molar-refractivity contribution >= 4 is 17.4 Å². The van der Waals surface area contributed by atoms with E-state index in [1.165, 1.54) is 53.5 Å². The second-order valence-corrected chi connectivity index (χ2v) is 9.05. The number of aromatic nitrogens is 2. The first-order valence-electron chi connectivity index (χ1n) is 10.8. The van der Waals surface area contributed by atoms with Crippen LogP contribution in [-0.4, -0.2) is 15.6 Å². The Balaban J connectivity index is 1.43. The van der Waals surface area contributed by atoms with Crippen molar-refractivity contribution in [1.82, 2.24) is 9.78 Å². The van der Waals surface area contributed by atoms with Crippen molar-refractivity contribution in [3.63, 3.8) is 0 Å². The molecule has 2 fully saturated rings. The molecule has 3 nitrogen and oxygen atoms in total. The number of aryl methyl sites for hydroxylation is 1. The number of carbonyl (C=O) groups excluding carboxylic acids is 1. The number of benzene rings is 1. The van der Waals surface area contributed by atoms with Gasteiger partial charge in [0.05, 0.1) is 11.4 Å². The fraction of sp³-hybridized carbons (Fsp3) is 0.346. The number of fused-ring (bicyclic) bond motifs is 3. The van der Waals surface area contributed by atoms with Crippen molar-refractivity contribution in [2.45, 2.75) is 44.9 Å². The van der Waals surface area contributed by atoms with Gasteiger partial charge >= 0.3 is 0 Å². The van der Waals surface area contributed by atoms with Crippen molar-refractivity contribution in [3.8, 4) is 11.3 Å². The molecule has 4 aliphatic rings. The van der Waals surface area contributed by atoms with Crippen molar-refractivity contribution in [2.75, 3.05) is 0 Å². The van der Waals surface area contributed by atoms with E-state index >= 15 is 0 Å². The summed E-state index contributed by atoms with van der Waals surface area (Å²) in [6.07, 6.45) is 11.9. The summed E-state index contributed by atoms with van der Waals surface area (Å²) in [4.78, 5) is 12.8. The van der Waals surface area contributed by atoms with Crippen LogP contribution in [-0.2, 0) is 11.8 Å². The largest absolute Gasteiger partial charge is 0.289 e. The zero-order valence-electron chi connectivity index (χ0n) is 17.0. The van der Waals surface area contributed by atoms with Crippen LogP contribution >= 0.6 is 0 Å². The summed E-state index contributed by atoms with van der Waals surface area (Å²) < 4.78 is 1.99. The van der Waals surface area contributed by atoms with Crippen molar-refractivity contribution < 1.29 is 4.79 Å². The van der Waals surface area contributed by atoms with Gasteiger partial charge in [0.25, 0.3) is 0 Å². The lowest BCUT2D eigenvalue weighted by atomic mass is 9.68. The van der Waals surface area contributed by atoms with E-state index in [1.54, 1.807) is 0 Å². The molecule has 1 aromatic carbocycles. The Labute approximate surface area is 171 Å². The number of allylic oxidation sites excluding steroid dienone is 5. The minimum Gasteiger partial charge on any atom is -0.289 e. The predicted molar refractivity (Wildman–Crippen MR) is 116 cm³/mol. The summed E-state index contributed by atoms with van der Waals surface area (Å²) in [5.41, 5.74) is 10.8. The van der Waals surface area contributed by atoms with Gasteiger partial charge in [-0.3, -0.25) is 9.48 Å². The number of carbonyl (C=O) groups is 1. The Morgan fingerprint density at radius 1 is 1.17 bits per heavy atom. The van der Waals surface area contributed by atoms with Crippen LogP contribution in [0, 0.1) is 12.3 Å². The molecule has 0 saturated heterocycles. The highest BCUT2D eigenvalue weighted by Gasteiger charge is 2.37. The summed E-state index contributed by atoms with van der Waals surface area (Å²) >= 11 is 0. The zero-order valence-corrected chi connectivity index (χ0v) is 17.0. The SMILES string of the molecule is CC(=C1CC1)c1cc(-c2ccc3c(c2)C=C(C(=O)C2=C[CH]2)CC2CCC32)n(C)n1. The van der Waals surface area contributed by atoms with Gasteiger partial charge in [-0.15, -0.1) is 0 Å². The van der Waals surface area contributed by atoms with Crippen LogP contribution in [0.5, 0.6) is 0 Å². The molecule has 0 amide bonds. The summed E-state index contributed by atoms with van der Waals surface area (Å²) in [6, 6.07) is 9.03. The minimum atomic E-state index is 0.225. The molecule has 3 heteroatoms. The smallest absolute Gasteiger partial charge is 0.185 e. The van der Waals surface area contributed by atoms with Gasteiger partial charge in [0.2, 0.25) is 0 Å². The molecule has 1 radical (unpaired) electrons. The summed E-state index contributed by atoms with van der Waals surface area (Å²) in [5, 5.41) is 4.77. The van der Waals surface area contributed by atoms with E-state index in [1.807, 2.05) is 24.2 Å².